The lowest BCUT2D eigenvalue weighted by Gasteiger charge is -2.05. The summed E-state index contributed by atoms with van der Waals surface area (Å²) in [4.78, 5) is 11.5. The summed E-state index contributed by atoms with van der Waals surface area (Å²) in [7, 11) is 0. The average molecular weight is 186 g/mol. The second-order valence-electron chi connectivity index (χ2n) is 3.63. The molecule has 0 spiro atoms. The minimum absolute atomic E-state index is 0.202. The van der Waals surface area contributed by atoms with Gasteiger partial charge in [-0.2, -0.15) is 0 Å². The summed E-state index contributed by atoms with van der Waals surface area (Å²) < 4.78 is 4.98. The fraction of sp³-hybridized carbons (Fsp3) is 0.250. The molecule has 0 heterocycles. The molecule has 0 saturated carbocycles. The molecule has 2 heteroatoms. The van der Waals surface area contributed by atoms with Gasteiger partial charge >= 0.3 is 5.97 Å². The molecule has 1 atom stereocenters. The average Bonchev–Trinajstić information content (AvgIpc) is 2.67. The molecule has 3 rings (SSSR count). The second kappa shape index (κ2) is 2.47. The number of hydrogen-bond acceptors (Lipinski definition) is 2. The summed E-state index contributed by atoms with van der Waals surface area (Å²) in [6.45, 7) is 2.26. The molecular weight excluding hydrogens is 176 g/mol. The van der Waals surface area contributed by atoms with Crippen LogP contribution in [0.25, 0.3) is 0 Å². The molecule has 1 unspecified atom stereocenters. The molecule has 3 aliphatic rings. The minimum atomic E-state index is -0.202. The van der Waals surface area contributed by atoms with Crippen molar-refractivity contribution in [3.05, 3.63) is 46.6 Å². The topological polar surface area (TPSA) is 26.3 Å². The molecule has 0 aromatic carbocycles. The summed E-state index contributed by atoms with van der Waals surface area (Å²) in [6.07, 6.45) is 8.19. The van der Waals surface area contributed by atoms with Crippen LogP contribution in [0.1, 0.15) is 6.92 Å². The van der Waals surface area contributed by atoms with E-state index in [1.54, 1.807) is 0 Å². The molecule has 0 aromatic heterocycles. The Bertz CT molecular complexity index is 447. The van der Waals surface area contributed by atoms with Gasteiger partial charge in [0.05, 0.1) is 12.2 Å². The highest BCUT2D eigenvalue weighted by Crippen LogP contribution is 2.51. The maximum absolute atomic E-state index is 11.5. The number of esters is 1. The van der Waals surface area contributed by atoms with Crippen LogP contribution in [-0.4, -0.2) is 12.6 Å². The number of fused-ring (bicyclic) bond motifs is 3. The van der Waals surface area contributed by atoms with E-state index in [0.29, 0.717) is 12.5 Å². The van der Waals surface area contributed by atoms with E-state index in [1.165, 1.54) is 11.1 Å². The first kappa shape index (κ1) is 7.80. The highest BCUT2D eigenvalue weighted by molar-refractivity contribution is 5.99. The molecule has 0 bridgehead atoms. The highest BCUT2D eigenvalue weighted by atomic mass is 16.5. The molecule has 14 heavy (non-hydrogen) atoms. The first-order chi connectivity index (χ1) is 6.81. The van der Waals surface area contributed by atoms with Gasteiger partial charge in [-0.3, -0.25) is 0 Å². The van der Waals surface area contributed by atoms with Gasteiger partial charge in [0.1, 0.15) is 0 Å². The first-order valence-electron chi connectivity index (χ1n) is 4.84. The lowest BCUT2D eigenvalue weighted by Crippen LogP contribution is -2.08. The smallest absolute Gasteiger partial charge is 0.338 e. The number of hydrogen-bond donors (Lipinski definition) is 0. The maximum atomic E-state index is 11.5. The summed E-state index contributed by atoms with van der Waals surface area (Å²) in [5.74, 6) is 0.306. The predicted molar refractivity (Wildman–Crippen MR) is 52.5 cm³/mol. The van der Waals surface area contributed by atoms with Crippen molar-refractivity contribution in [2.24, 2.45) is 5.92 Å². The molecular formula is C12H10O2. The van der Waals surface area contributed by atoms with Crippen LogP contribution in [0.2, 0.25) is 0 Å². The van der Waals surface area contributed by atoms with Crippen LogP contribution in [0, 0.1) is 5.92 Å². The van der Waals surface area contributed by atoms with E-state index in [2.05, 4.69) is 12.2 Å². The van der Waals surface area contributed by atoms with Gasteiger partial charge in [-0.05, 0) is 35.8 Å². The van der Waals surface area contributed by atoms with Crippen LogP contribution in [0.3, 0.4) is 0 Å². The lowest BCUT2D eigenvalue weighted by molar-refractivity contribution is -0.138. The Kier molecular flexibility index (Phi) is 1.38. The van der Waals surface area contributed by atoms with Crippen molar-refractivity contribution in [2.75, 3.05) is 6.61 Å². The molecule has 0 N–H and O–H groups in total. The highest BCUT2D eigenvalue weighted by Gasteiger charge is 2.39. The zero-order chi connectivity index (χ0) is 9.71. The Labute approximate surface area is 82.3 Å². The number of carbonyl (C=O) groups is 1. The fourth-order valence-corrected chi connectivity index (χ4v) is 2.05. The number of carbonyl (C=O) groups excluding carboxylic acids is 1. The van der Waals surface area contributed by atoms with Gasteiger partial charge in [0.25, 0.3) is 0 Å². The van der Waals surface area contributed by atoms with Crippen molar-refractivity contribution in [3.8, 4) is 0 Å². The van der Waals surface area contributed by atoms with E-state index in [4.69, 9.17) is 4.74 Å². The van der Waals surface area contributed by atoms with Crippen LogP contribution in [-0.2, 0) is 9.53 Å². The molecule has 0 radical (unpaired) electrons. The van der Waals surface area contributed by atoms with E-state index in [9.17, 15) is 4.79 Å². The molecule has 0 saturated heterocycles. The van der Waals surface area contributed by atoms with Gasteiger partial charge in [0.2, 0.25) is 0 Å². The van der Waals surface area contributed by atoms with Gasteiger partial charge in [0, 0.05) is 5.92 Å². The minimum Gasteiger partial charge on any atom is -0.462 e. The summed E-state index contributed by atoms with van der Waals surface area (Å²) >= 11 is 0. The Morgan fingerprint density at radius 1 is 1.50 bits per heavy atom. The van der Waals surface area contributed by atoms with Gasteiger partial charge in [-0.25, -0.2) is 4.79 Å². The van der Waals surface area contributed by atoms with Gasteiger partial charge in [0.15, 0.2) is 0 Å². The van der Waals surface area contributed by atoms with Crippen molar-refractivity contribution in [1.29, 1.82) is 0 Å². The molecule has 2 nitrogen and oxygen atoms in total. The van der Waals surface area contributed by atoms with Crippen LogP contribution in [0.4, 0.5) is 0 Å². The van der Waals surface area contributed by atoms with Crippen molar-refractivity contribution < 1.29 is 9.53 Å². The molecule has 0 amide bonds. The molecule has 70 valence electrons. The van der Waals surface area contributed by atoms with E-state index in [1.807, 2.05) is 19.1 Å². The van der Waals surface area contributed by atoms with Crippen LogP contribution in [0.15, 0.2) is 46.6 Å². The monoisotopic (exact) mass is 186 g/mol. The van der Waals surface area contributed by atoms with Crippen LogP contribution < -0.4 is 0 Å². The normalized spacial score (nSPS) is 25.6. The van der Waals surface area contributed by atoms with Crippen molar-refractivity contribution in [3.63, 3.8) is 0 Å². The number of ether oxygens (including phenoxy) is 1. The van der Waals surface area contributed by atoms with Crippen molar-refractivity contribution in [1.82, 2.24) is 0 Å². The lowest BCUT2D eigenvalue weighted by atomic mass is 10.0. The zero-order valence-electron chi connectivity index (χ0n) is 7.91. The van der Waals surface area contributed by atoms with Crippen molar-refractivity contribution >= 4 is 5.97 Å². The molecule has 3 aliphatic carbocycles. The first-order valence-corrected chi connectivity index (χ1v) is 4.84. The SMILES string of the molecule is CCOC(=O)C1=CC=C2C1=CC1=CC12. The summed E-state index contributed by atoms with van der Waals surface area (Å²) in [5.41, 5.74) is 4.41. The quantitative estimate of drug-likeness (QED) is 0.616. The van der Waals surface area contributed by atoms with E-state index < -0.39 is 0 Å². The van der Waals surface area contributed by atoms with Crippen molar-refractivity contribution in [2.45, 2.75) is 6.92 Å². The molecule has 0 aromatic rings. The number of rotatable bonds is 2. The molecule has 0 aliphatic heterocycles. The van der Waals surface area contributed by atoms with E-state index >= 15 is 0 Å². The largest absolute Gasteiger partial charge is 0.462 e. The summed E-state index contributed by atoms with van der Waals surface area (Å²) in [6, 6.07) is 0. The van der Waals surface area contributed by atoms with E-state index in [0.717, 1.165) is 11.1 Å². The summed E-state index contributed by atoms with van der Waals surface area (Å²) in [5, 5.41) is 0. The van der Waals surface area contributed by atoms with Gasteiger partial charge in [-0.15, -0.1) is 0 Å². The number of allylic oxidation sites excluding steroid dienone is 6. The third-order valence-electron chi connectivity index (χ3n) is 2.78. The Hall–Kier alpha value is -1.57. The Morgan fingerprint density at radius 2 is 2.36 bits per heavy atom. The Morgan fingerprint density at radius 3 is 3.14 bits per heavy atom. The predicted octanol–water partition coefficient (Wildman–Crippen LogP) is 1.91. The van der Waals surface area contributed by atoms with E-state index in [-0.39, 0.29) is 5.97 Å². The third-order valence-corrected chi connectivity index (χ3v) is 2.78. The third kappa shape index (κ3) is 0.882. The van der Waals surface area contributed by atoms with Crippen LogP contribution >= 0.6 is 0 Å². The maximum Gasteiger partial charge on any atom is 0.338 e. The van der Waals surface area contributed by atoms with Gasteiger partial charge < -0.3 is 4.74 Å². The standard InChI is InChI=1S/C12H10O2/c1-2-14-12(13)9-4-3-8-10-5-7(10)6-11(8)9/h3-6,10H,2H2,1H3. The van der Waals surface area contributed by atoms with Gasteiger partial charge in [-0.1, -0.05) is 12.2 Å². The van der Waals surface area contributed by atoms with Crippen LogP contribution in [0.5, 0.6) is 0 Å². The fourth-order valence-electron chi connectivity index (χ4n) is 2.05. The second-order valence-corrected chi connectivity index (χ2v) is 3.63. The molecule has 0 fully saturated rings. The Balaban J connectivity index is 1.88. The zero-order valence-corrected chi connectivity index (χ0v) is 7.91.